The number of hydrogen-bond acceptors (Lipinski definition) is 6. The van der Waals surface area contributed by atoms with Gasteiger partial charge in [-0.25, -0.2) is 0 Å². The van der Waals surface area contributed by atoms with Gasteiger partial charge in [-0.3, -0.25) is 20.5 Å². The van der Waals surface area contributed by atoms with Gasteiger partial charge >= 0.3 is 0 Å². The van der Waals surface area contributed by atoms with Crippen molar-refractivity contribution in [1.29, 1.82) is 0 Å². The number of nitrogens with two attached hydrogens (primary N) is 1. The van der Waals surface area contributed by atoms with Crippen molar-refractivity contribution in [2.75, 3.05) is 38.1 Å². The highest BCUT2D eigenvalue weighted by Gasteiger charge is 2.26. The van der Waals surface area contributed by atoms with Crippen LogP contribution in [-0.4, -0.2) is 64.1 Å². The second-order valence-electron chi connectivity index (χ2n) is 5.95. The number of pyridine rings is 1. The number of nitrogens with zero attached hydrogens (tertiary/aromatic N) is 3. The fraction of sp³-hybridized carbons (Fsp3) is 0.571. The van der Waals surface area contributed by atoms with E-state index in [4.69, 9.17) is 5.84 Å². The lowest BCUT2D eigenvalue weighted by Crippen LogP contribution is -2.52. The lowest BCUT2D eigenvalue weighted by Gasteiger charge is -2.37. The zero-order valence-corrected chi connectivity index (χ0v) is 12.5. The molecule has 0 aliphatic carbocycles. The zero-order chi connectivity index (χ0) is 15.5. The maximum absolute atomic E-state index is 12.5. The second kappa shape index (κ2) is 6.38. The van der Waals surface area contributed by atoms with Gasteiger partial charge in [0.1, 0.15) is 0 Å². The topological polar surface area (TPSA) is 94.7 Å². The van der Waals surface area contributed by atoms with E-state index in [1.54, 1.807) is 31.0 Å². The van der Waals surface area contributed by atoms with Crippen molar-refractivity contribution in [3.8, 4) is 0 Å². The lowest BCUT2D eigenvalue weighted by atomic mass is 10.1. The Bertz CT molecular complexity index is 492. The van der Waals surface area contributed by atoms with Gasteiger partial charge in [0.2, 0.25) is 0 Å². The van der Waals surface area contributed by atoms with Gasteiger partial charge in [-0.15, -0.1) is 0 Å². The highest BCUT2D eigenvalue weighted by molar-refractivity contribution is 5.99. The van der Waals surface area contributed by atoms with E-state index in [1.807, 2.05) is 0 Å². The minimum Gasteiger partial charge on any atom is -0.389 e. The van der Waals surface area contributed by atoms with E-state index in [-0.39, 0.29) is 5.91 Å². The van der Waals surface area contributed by atoms with Crippen molar-refractivity contribution in [3.05, 3.63) is 24.0 Å². The largest absolute Gasteiger partial charge is 0.389 e. The summed E-state index contributed by atoms with van der Waals surface area (Å²) in [5, 5.41) is 9.84. The molecule has 1 aromatic rings. The highest BCUT2D eigenvalue weighted by atomic mass is 16.3. The molecular weight excluding hydrogens is 270 g/mol. The third-order valence-electron chi connectivity index (χ3n) is 3.48. The molecule has 0 aromatic carbocycles. The molecule has 1 amide bonds. The van der Waals surface area contributed by atoms with E-state index in [0.29, 0.717) is 30.9 Å². The molecule has 1 aromatic heterocycles. The molecule has 7 nitrogen and oxygen atoms in total. The second-order valence-corrected chi connectivity index (χ2v) is 5.95. The van der Waals surface area contributed by atoms with Crippen LogP contribution in [0.1, 0.15) is 24.2 Å². The van der Waals surface area contributed by atoms with Gasteiger partial charge in [0, 0.05) is 45.1 Å². The maximum atomic E-state index is 12.5. The van der Waals surface area contributed by atoms with Gasteiger partial charge in [-0.05, 0) is 19.9 Å². The molecule has 4 N–H and O–H groups in total. The summed E-state index contributed by atoms with van der Waals surface area (Å²) in [6.45, 7) is 6.96. The van der Waals surface area contributed by atoms with Crippen LogP contribution in [-0.2, 0) is 0 Å². The summed E-state index contributed by atoms with van der Waals surface area (Å²) in [5.41, 5.74) is 2.87. The van der Waals surface area contributed by atoms with E-state index in [2.05, 4.69) is 15.3 Å². The van der Waals surface area contributed by atoms with Crippen LogP contribution in [0.3, 0.4) is 0 Å². The Balaban J connectivity index is 1.97. The molecule has 1 aliphatic rings. The van der Waals surface area contributed by atoms with Crippen LogP contribution in [0.15, 0.2) is 18.5 Å². The average Bonchev–Trinajstić information content (AvgIpc) is 2.45. The number of β-amino-alcohol motifs (C(OH)–C–C–N with tert-alkyl or cyclic N) is 1. The minimum absolute atomic E-state index is 0.0704. The summed E-state index contributed by atoms with van der Waals surface area (Å²) < 4.78 is 0. The third-order valence-corrected chi connectivity index (χ3v) is 3.48. The van der Waals surface area contributed by atoms with Crippen LogP contribution < -0.4 is 11.3 Å². The summed E-state index contributed by atoms with van der Waals surface area (Å²) in [7, 11) is 0. The summed E-state index contributed by atoms with van der Waals surface area (Å²) >= 11 is 0. The molecule has 116 valence electrons. The van der Waals surface area contributed by atoms with Crippen molar-refractivity contribution in [2.24, 2.45) is 5.84 Å². The Morgan fingerprint density at radius 1 is 1.43 bits per heavy atom. The molecule has 7 heteroatoms. The van der Waals surface area contributed by atoms with Crippen LogP contribution in [0.5, 0.6) is 0 Å². The van der Waals surface area contributed by atoms with Crippen LogP contribution in [0.4, 0.5) is 5.69 Å². The number of nitrogen functional groups attached to an aromatic ring is 1. The number of aromatic nitrogens is 1. The molecule has 2 rings (SSSR count). The Morgan fingerprint density at radius 3 is 2.67 bits per heavy atom. The van der Waals surface area contributed by atoms with Gasteiger partial charge in [-0.2, -0.15) is 0 Å². The van der Waals surface area contributed by atoms with Crippen LogP contribution >= 0.6 is 0 Å². The van der Waals surface area contributed by atoms with Crippen molar-refractivity contribution >= 4 is 11.6 Å². The molecule has 0 spiro atoms. The first-order valence-corrected chi connectivity index (χ1v) is 7.05. The predicted octanol–water partition coefficient (Wildman–Crippen LogP) is -0.104. The van der Waals surface area contributed by atoms with E-state index in [9.17, 15) is 9.90 Å². The molecule has 0 unspecified atom stereocenters. The number of amides is 1. The number of anilines is 1. The monoisotopic (exact) mass is 293 g/mol. The molecule has 1 saturated heterocycles. The summed E-state index contributed by atoms with van der Waals surface area (Å²) in [6, 6.07) is 1.68. The fourth-order valence-corrected chi connectivity index (χ4v) is 2.52. The van der Waals surface area contributed by atoms with E-state index < -0.39 is 5.60 Å². The fourth-order valence-electron chi connectivity index (χ4n) is 2.52. The van der Waals surface area contributed by atoms with Crippen molar-refractivity contribution < 1.29 is 9.90 Å². The van der Waals surface area contributed by atoms with Gasteiger partial charge < -0.3 is 15.4 Å². The molecule has 2 heterocycles. The van der Waals surface area contributed by atoms with Crippen LogP contribution in [0, 0.1) is 0 Å². The number of piperazine rings is 1. The summed E-state index contributed by atoms with van der Waals surface area (Å²) in [5.74, 6) is 5.35. The van der Waals surface area contributed by atoms with Crippen LogP contribution in [0.25, 0.3) is 0 Å². The number of carbonyl (C=O) groups excluding carboxylic acids is 1. The Morgan fingerprint density at radius 2 is 2.10 bits per heavy atom. The van der Waals surface area contributed by atoms with Gasteiger partial charge in [0.05, 0.1) is 16.9 Å². The Hall–Kier alpha value is -1.70. The normalized spacial score (nSPS) is 16.9. The molecule has 0 bridgehead atoms. The predicted molar refractivity (Wildman–Crippen MR) is 80.7 cm³/mol. The standard InChI is InChI=1S/C14H23N5O2/c1-14(2,21)10-18-5-7-19(8-6-18)13(20)11-9-16-4-3-12(11)17-15/h3-4,9,21H,5-8,10,15H2,1-2H3,(H,16,17). The molecule has 1 fully saturated rings. The average molecular weight is 293 g/mol. The zero-order valence-electron chi connectivity index (χ0n) is 12.5. The first-order valence-electron chi connectivity index (χ1n) is 7.05. The summed E-state index contributed by atoms with van der Waals surface area (Å²) in [6.07, 6.45) is 3.12. The highest BCUT2D eigenvalue weighted by Crippen LogP contribution is 2.16. The number of rotatable bonds is 4. The van der Waals surface area contributed by atoms with E-state index in [1.165, 1.54) is 6.20 Å². The van der Waals surface area contributed by atoms with Gasteiger partial charge in [0.15, 0.2) is 0 Å². The maximum Gasteiger partial charge on any atom is 0.257 e. The van der Waals surface area contributed by atoms with Gasteiger partial charge in [-0.1, -0.05) is 0 Å². The SMILES string of the molecule is CC(C)(O)CN1CCN(C(=O)c2cnccc2NN)CC1. The van der Waals surface area contributed by atoms with Crippen molar-refractivity contribution in [1.82, 2.24) is 14.8 Å². The van der Waals surface area contributed by atoms with Crippen LogP contribution in [0.2, 0.25) is 0 Å². The Kier molecular flexibility index (Phi) is 4.76. The van der Waals surface area contributed by atoms with Crippen molar-refractivity contribution in [3.63, 3.8) is 0 Å². The number of hydrogen-bond donors (Lipinski definition) is 3. The molecule has 0 radical (unpaired) electrons. The summed E-state index contributed by atoms with van der Waals surface area (Å²) in [4.78, 5) is 20.4. The molecule has 1 aliphatic heterocycles. The molecule has 0 saturated carbocycles. The number of nitrogens with one attached hydrogen (secondary N) is 1. The van der Waals surface area contributed by atoms with Crippen molar-refractivity contribution in [2.45, 2.75) is 19.4 Å². The van der Waals surface area contributed by atoms with E-state index in [0.717, 1.165) is 13.1 Å². The quantitative estimate of drug-likeness (QED) is 0.530. The molecule has 0 atom stereocenters. The number of carbonyl (C=O) groups is 1. The Labute approximate surface area is 124 Å². The first-order chi connectivity index (χ1) is 9.90. The first kappa shape index (κ1) is 15.7. The number of hydrazine groups is 1. The lowest BCUT2D eigenvalue weighted by molar-refractivity contribution is 0.0178. The number of aliphatic hydroxyl groups is 1. The van der Waals surface area contributed by atoms with E-state index >= 15 is 0 Å². The minimum atomic E-state index is -0.716. The van der Waals surface area contributed by atoms with Gasteiger partial charge in [0.25, 0.3) is 5.91 Å². The molecular formula is C14H23N5O2. The smallest absolute Gasteiger partial charge is 0.257 e. The molecule has 21 heavy (non-hydrogen) atoms. The third kappa shape index (κ3) is 4.13.